The number of fused-ring (bicyclic) bond motifs is 1. The molecule has 0 aliphatic carbocycles. The van der Waals surface area contributed by atoms with E-state index < -0.39 is 11.7 Å². The van der Waals surface area contributed by atoms with E-state index >= 15 is 0 Å². The zero-order valence-electron chi connectivity index (χ0n) is 15.0. The quantitative estimate of drug-likeness (QED) is 0.746. The number of benzene rings is 2. The smallest absolute Gasteiger partial charge is 0.416 e. The molecule has 0 radical (unpaired) electrons. The second-order valence-corrected chi connectivity index (χ2v) is 6.80. The van der Waals surface area contributed by atoms with Crippen LogP contribution in [0.5, 0.6) is 11.5 Å². The highest BCUT2D eigenvalue weighted by atomic mass is 19.4. The van der Waals surface area contributed by atoms with Crippen LogP contribution < -0.4 is 14.4 Å². The molecule has 2 aromatic carbocycles. The largest absolute Gasteiger partial charge is 0.454 e. The van der Waals surface area contributed by atoms with E-state index in [1.165, 1.54) is 12.1 Å². The van der Waals surface area contributed by atoms with E-state index in [-0.39, 0.29) is 19.1 Å². The fourth-order valence-corrected chi connectivity index (χ4v) is 3.41. The van der Waals surface area contributed by atoms with Crippen LogP contribution in [0, 0.1) is 0 Å². The van der Waals surface area contributed by atoms with Crippen LogP contribution in [0.25, 0.3) is 0 Å². The number of carbonyl (C=O) groups is 1. The summed E-state index contributed by atoms with van der Waals surface area (Å²) in [6, 6.07) is 10.5. The van der Waals surface area contributed by atoms with Crippen LogP contribution in [0.15, 0.2) is 42.5 Å². The molecule has 0 amide bonds. The fourth-order valence-electron chi connectivity index (χ4n) is 3.41. The molecule has 8 heteroatoms. The van der Waals surface area contributed by atoms with Crippen LogP contribution in [0.1, 0.15) is 15.9 Å². The van der Waals surface area contributed by atoms with Crippen molar-refractivity contribution in [2.75, 3.05) is 44.4 Å². The zero-order valence-corrected chi connectivity index (χ0v) is 15.0. The van der Waals surface area contributed by atoms with Gasteiger partial charge in [0.2, 0.25) is 6.79 Å². The predicted octanol–water partition coefficient (Wildman–Crippen LogP) is 3.44. The van der Waals surface area contributed by atoms with Crippen molar-refractivity contribution in [2.24, 2.45) is 0 Å². The van der Waals surface area contributed by atoms with Crippen LogP contribution in [0.2, 0.25) is 0 Å². The van der Waals surface area contributed by atoms with Crippen LogP contribution in [0.3, 0.4) is 0 Å². The normalized spacial score (nSPS) is 17.0. The zero-order chi connectivity index (χ0) is 19.7. The first-order valence-corrected chi connectivity index (χ1v) is 8.97. The molecular formula is C20H19F3N2O3. The molecule has 0 bridgehead atoms. The van der Waals surface area contributed by atoms with Gasteiger partial charge < -0.3 is 14.4 Å². The van der Waals surface area contributed by atoms with Gasteiger partial charge >= 0.3 is 6.18 Å². The number of piperazine rings is 1. The number of carbonyl (C=O) groups excluding carboxylic acids is 1. The van der Waals surface area contributed by atoms with Crippen molar-refractivity contribution in [2.45, 2.75) is 6.18 Å². The molecule has 4 rings (SSSR count). The lowest BCUT2D eigenvalue weighted by Gasteiger charge is -2.36. The first kappa shape index (κ1) is 18.6. The van der Waals surface area contributed by atoms with Crippen molar-refractivity contribution in [3.8, 4) is 11.5 Å². The maximum Gasteiger partial charge on any atom is 0.416 e. The van der Waals surface area contributed by atoms with Crippen LogP contribution in [-0.2, 0) is 6.18 Å². The van der Waals surface area contributed by atoms with Gasteiger partial charge in [-0.2, -0.15) is 13.2 Å². The molecule has 0 unspecified atom stereocenters. The molecule has 1 saturated heterocycles. The molecule has 2 aliphatic heterocycles. The molecule has 0 atom stereocenters. The van der Waals surface area contributed by atoms with Crippen molar-refractivity contribution in [3.05, 3.63) is 53.6 Å². The topological polar surface area (TPSA) is 42.0 Å². The summed E-state index contributed by atoms with van der Waals surface area (Å²) in [5.41, 5.74) is 0.464. The Kier molecular flexibility index (Phi) is 4.89. The predicted molar refractivity (Wildman–Crippen MR) is 97.0 cm³/mol. The highest BCUT2D eigenvalue weighted by Gasteiger charge is 2.31. The van der Waals surface area contributed by atoms with Crippen molar-refractivity contribution in [1.82, 2.24) is 4.90 Å². The minimum absolute atomic E-state index is 0.0224. The summed E-state index contributed by atoms with van der Waals surface area (Å²) in [4.78, 5) is 16.5. The Bertz CT molecular complexity index is 877. The molecule has 0 N–H and O–H groups in total. The van der Waals surface area contributed by atoms with Crippen LogP contribution >= 0.6 is 0 Å². The highest BCUT2D eigenvalue weighted by molar-refractivity contribution is 5.98. The molecule has 2 aromatic rings. The Morgan fingerprint density at radius 1 is 0.964 bits per heavy atom. The summed E-state index contributed by atoms with van der Waals surface area (Å²) < 4.78 is 49.3. The average molecular weight is 392 g/mol. The lowest BCUT2D eigenvalue weighted by Crippen LogP contribution is -2.48. The van der Waals surface area contributed by atoms with E-state index in [4.69, 9.17) is 9.47 Å². The average Bonchev–Trinajstić information content (AvgIpc) is 3.16. The lowest BCUT2D eigenvalue weighted by molar-refractivity contribution is -0.137. The number of Topliss-reactive ketones (excluding diaryl/α,β-unsaturated/α-hetero) is 1. The molecule has 0 saturated carbocycles. The van der Waals surface area contributed by atoms with Gasteiger partial charge in [0.15, 0.2) is 17.3 Å². The molecule has 0 aromatic heterocycles. The van der Waals surface area contributed by atoms with E-state index in [9.17, 15) is 18.0 Å². The summed E-state index contributed by atoms with van der Waals surface area (Å²) in [5, 5.41) is 0. The van der Waals surface area contributed by atoms with Gasteiger partial charge in [-0.3, -0.25) is 9.69 Å². The Balaban J connectivity index is 1.35. The number of anilines is 1. The number of hydrogen-bond donors (Lipinski definition) is 0. The number of ketones is 1. The summed E-state index contributed by atoms with van der Waals surface area (Å²) >= 11 is 0. The maximum absolute atomic E-state index is 12.9. The Hall–Kier alpha value is -2.74. The maximum atomic E-state index is 12.9. The van der Waals surface area contributed by atoms with E-state index in [1.807, 2.05) is 9.80 Å². The fraction of sp³-hybridized carbons (Fsp3) is 0.350. The van der Waals surface area contributed by atoms with Crippen molar-refractivity contribution >= 4 is 11.5 Å². The Morgan fingerprint density at radius 3 is 2.46 bits per heavy atom. The third kappa shape index (κ3) is 3.91. The van der Waals surface area contributed by atoms with Gasteiger partial charge in [-0.25, -0.2) is 0 Å². The summed E-state index contributed by atoms with van der Waals surface area (Å²) in [5.74, 6) is 1.18. The summed E-state index contributed by atoms with van der Waals surface area (Å²) in [7, 11) is 0. The van der Waals surface area contributed by atoms with Gasteiger partial charge in [0.05, 0.1) is 12.1 Å². The number of halogens is 3. The third-order valence-electron chi connectivity index (χ3n) is 4.97. The second-order valence-electron chi connectivity index (χ2n) is 6.80. The van der Waals surface area contributed by atoms with Crippen LogP contribution in [0.4, 0.5) is 18.9 Å². The molecule has 2 heterocycles. The van der Waals surface area contributed by atoms with E-state index in [0.29, 0.717) is 48.9 Å². The monoisotopic (exact) mass is 392 g/mol. The first-order chi connectivity index (χ1) is 13.4. The van der Waals surface area contributed by atoms with Crippen molar-refractivity contribution < 1.29 is 27.4 Å². The van der Waals surface area contributed by atoms with Crippen molar-refractivity contribution in [3.63, 3.8) is 0 Å². The number of rotatable bonds is 4. The third-order valence-corrected chi connectivity index (χ3v) is 4.97. The number of ether oxygens (including phenoxy) is 2. The van der Waals surface area contributed by atoms with Crippen molar-refractivity contribution in [1.29, 1.82) is 0 Å². The minimum Gasteiger partial charge on any atom is -0.454 e. The standard InChI is InChI=1S/C20H19F3N2O3/c21-20(22,23)15-2-1-3-16(11-15)25-8-6-24(7-9-25)12-17(26)14-4-5-18-19(10-14)28-13-27-18/h1-5,10-11H,6-9,12-13H2. The molecule has 148 valence electrons. The minimum atomic E-state index is -4.35. The Morgan fingerprint density at radius 2 is 1.71 bits per heavy atom. The first-order valence-electron chi connectivity index (χ1n) is 8.97. The van der Waals surface area contributed by atoms with Gasteiger partial charge in [-0.15, -0.1) is 0 Å². The molecule has 28 heavy (non-hydrogen) atoms. The molecule has 0 spiro atoms. The SMILES string of the molecule is O=C(CN1CCN(c2cccc(C(F)(F)F)c2)CC1)c1ccc2c(c1)OCO2. The number of hydrogen-bond acceptors (Lipinski definition) is 5. The van der Waals surface area contributed by atoms with Crippen LogP contribution in [-0.4, -0.2) is 50.2 Å². The van der Waals surface area contributed by atoms with E-state index in [1.54, 1.807) is 24.3 Å². The number of alkyl halides is 3. The summed E-state index contributed by atoms with van der Waals surface area (Å²) in [6.07, 6.45) is -4.35. The van der Waals surface area contributed by atoms with Gasteiger partial charge in [0.1, 0.15) is 0 Å². The van der Waals surface area contributed by atoms with E-state index in [0.717, 1.165) is 6.07 Å². The summed E-state index contributed by atoms with van der Waals surface area (Å²) in [6.45, 7) is 2.76. The highest BCUT2D eigenvalue weighted by Crippen LogP contribution is 2.33. The molecule has 1 fully saturated rings. The van der Waals surface area contributed by atoms with Gasteiger partial charge in [-0.1, -0.05) is 6.07 Å². The van der Waals surface area contributed by atoms with Gasteiger partial charge in [0.25, 0.3) is 0 Å². The van der Waals surface area contributed by atoms with Gasteiger partial charge in [0, 0.05) is 37.4 Å². The second kappa shape index (κ2) is 7.35. The molecule has 5 nitrogen and oxygen atoms in total. The van der Waals surface area contributed by atoms with Gasteiger partial charge in [-0.05, 0) is 36.4 Å². The molecule has 2 aliphatic rings. The number of nitrogens with zero attached hydrogens (tertiary/aromatic N) is 2. The Labute approximate surface area is 160 Å². The molecular weight excluding hydrogens is 373 g/mol. The lowest BCUT2D eigenvalue weighted by atomic mass is 10.1. The van der Waals surface area contributed by atoms with E-state index in [2.05, 4.69) is 0 Å².